The van der Waals surface area contributed by atoms with Crippen LogP contribution in [-0.2, 0) is 6.54 Å². The molecule has 0 aliphatic carbocycles. The summed E-state index contributed by atoms with van der Waals surface area (Å²) in [5.41, 5.74) is 2.03. The van der Waals surface area contributed by atoms with Crippen LogP contribution in [0.2, 0.25) is 0 Å². The zero-order chi connectivity index (χ0) is 11.4. The van der Waals surface area contributed by atoms with Crippen LogP contribution in [0.25, 0.3) is 11.3 Å². The Bertz CT molecular complexity index is 537. The molecule has 0 spiro atoms. The van der Waals surface area contributed by atoms with Crippen molar-refractivity contribution in [3.05, 3.63) is 36.3 Å². The van der Waals surface area contributed by atoms with E-state index in [0.717, 1.165) is 11.8 Å². The Morgan fingerprint density at radius 2 is 2.44 bits per heavy atom. The van der Waals surface area contributed by atoms with Crippen molar-refractivity contribution in [3.8, 4) is 23.6 Å². The number of carbonyl (C=O) groups excluding carboxylic acids is 1. The first-order chi connectivity index (χ1) is 7.85. The molecule has 0 N–H and O–H groups in total. The van der Waals surface area contributed by atoms with Crippen molar-refractivity contribution < 1.29 is 4.79 Å². The number of pyridine rings is 1. The Kier molecular flexibility index (Phi) is 2.79. The average Bonchev–Trinajstić information content (AvgIpc) is 2.74. The zero-order valence-electron chi connectivity index (χ0n) is 8.50. The minimum absolute atomic E-state index is 0.286. The maximum Gasteiger partial charge on any atom is 0.168 e. The third kappa shape index (κ3) is 1.84. The van der Waals surface area contributed by atoms with Gasteiger partial charge < -0.3 is 0 Å². The highest BCUT2D eigenvalue weighted by Gasteiger charge is 2.07. The van der Waals surface area contributed by atoms with Crippen LogP contribution in [0.4, 0.5) is 0 Å². The molecule has 0 radical (unpaired) electrons. The van der Waals surface area contributed by atoms with E-state index in [1.54, 1.807) is 18.5 Å². The molecule has 78 valence electrons. The minimum atomic E-state index is 0.286. The van der Waals surface area contributed by atoms with Gasteiger partial charge in [0, 0.05) is 18.0 Å². The fraction of sp³-hybridized carbons (Fsp3) is 0.0833. The molecule has 2 aromatic rings. The third-order valence-electron chi connectivity index (χ3n) is 2.13. The quantitative estimate of drug-likeness (QED) is 0.569. The maximum absolute atomic E-state index is 10.8. The maximum atomic E-state index is 10.8. The highest BCUT2D eigenvalue weighted by molar-refractivity contribution is 5.75. The van der Waals surface area contributed by atoms with E-state index >= 15 is 0 Å². The van der Waals surface area contributed by atoms with Crippen molar-refractivity contribution in [1.82, 2.24) is 14.8 Å². The third-order valence-corrected chi connectivity index (χ3v) is 2.13. The van der Waals surface area contributed by atoms with E-state index < -0.39 is 0 Å². The second kappa shape index (κ2) is 4.41. The molecule has 2 aromatic heterocycles. The molecule has 0 aliphatic rings. The highest BCUT2D eigenvalue weighted by atomic mass is 16.1. The Hall–Kier alpha value is -2.41. The fourth-order valence-corrected chi connectivity index (χ4v) is 1.39. The lowest BCUT2D eigenvalue weighted by molar-refractivity contribution is 0.111. The Balaban J connectivity index is 2.45. The average molecular weight is 211 g/mol. The summed E-state index contributed by atoms with van der Waals surface area (Å²) < 4.78 is 1.50. The van der Waals surface area contributed by atoms with Gasteiger partial charge in [0.15, 0.2) is 6.29 Å². The summed E-state index contributed by atoms with van der Waals surface area (Å²) in [5, 5.41) is 4.24. The van der Waals surface area contributed by atoms with Crippen LogP contribution in [0.15, 0.2) is 30.6 Å². The first-order valence-corrected chi connectivity index (χ1v) is 4.72. The van der Waals surface area contributed by atoms with Crippen molar-refractivity contribution in [2.24, 2.45) is 0 Å². The van der Waals surface area contributed by atoms with E-state index in [4.69, 9.17) is 6.42 Å². The number of aromatic nitrogens is 3. The number of carbonyl (C=O) groups is 1. The molecule has 0 bridgehead atoms. The highest BCUT2D eigenvalue weighted by Crippen LogP contribution is 2.16. The molecule has 2 rings (SSSR count). The molecule has 0 aromatic carbocycles. The number of rotatable bonds is 3. The van der Waals surface area contributed by atoms with Gasteiger partial charge in [0.1, 0.15) is 12.2 Å². The van der Waals surface area contributed by atoms with Crippen LogP contribution in [0.5, 0.6) is 0 Å². The molecular formula is C12H9N3O. The number of terminal acetylenes is 1. The predicted molar refractivity (Wildman–Crippen MR) is 59.7 cm³/mol. The van der Waals surface area contributed by atoms with Gasteiger partial charge in [-0.1, -0.05) is 5.92 Å². The van der Waals surface area contributed by atoms with E-state index in [1.165, 1.54) is 4.68 Å². The summed E-state index contributed by atoms with van der Waals surface area (Å²) >= 11 is 0. The van der Waals surface area contributed by atoms with Gasteiger partial charge in [0.05, 0.1) is 5.69 Å². The Morgan fingerprint density at radius 1 is 1.56 bits per heavy atom. The second-order valence-electron chi connectivity index (χ2n) is 3.18. The second-order valence-corrected chi connectivity index (χ2v) is 3.18. The predicted octanol–water partition coefficient (Wildman–Crippen LogP) is 1.39. The molecular weight excluding hydrogens is 202 g/mol. The molecule has 0 aliphatic heterocycles. The lowest BCUT2D eigenvalue weighted by Crippen LogP contribution is -2.02. The fourth-order valence-electron chi connectivity index (χ4n) is 1.39. The van der Waals surface area contributed by atoms with Crippen LogP contribution >= 0.6 is 0 Å². The van der Waals surface area contributed by atoms with Gasteiger partial charge in [-0.25, -0.2) is 4.68 Å². The van der Waals surface area contributed by atoms with Gasteiger partial charge in [-0.05, 0) is 18.2 Å². The number of aldehydes is 1. The smallest absolute Gasteiger partial charge is 0.168 e. The molecule has 0 fully saturated rings. The summed E-state index contributed by atoms with van der Waals surface area (Å²) in [6.07, 6.45) is 9.31. The standard InChI is InChI=1S/C12H9N3O/c1-2-6-15-11(9-16)7-12(14-15)10-4-3-5-13-8-10/h1,3-5,7-9H,6H2. The van der Waals surface area contributed by atoms with Crippen LogP contribution in [-0.4, -0.2) is 21.1 Å². The molecule has 4 heteroatoms. The summed E-state index contributed by atoms with van der Waals surface area (Å²) in [6.45, 7) is 0.286. The van der Waals surface area contributed by atoms with E-state index in [2.05, 4.69) is 16.0 Å². The van der Waals surface area contributed by atoms with Crippen molar-refractivity contribution in [2.75, 3.05) is 0 Å². The minimum Gasteiger partial charge on any atom is -0.296 e. The van der Waals surface area contributed by atoms with Gasteiger partial charge in [-0.3, -0.25) is 9.78 Å². The summed E-state index contributed by atoms with van der Waals surface area (Å²) in [6, 6.07) is 5.39. The molecule has 4 nitrogen and oxygen atoms in total. The monoisotopic (exact) mass is 211 g/mol. The SMILES string of the molecule is C#CCn1nc(-c2cccnc2)cc1C=O. The molecule has 16 heavy (non-hydrogen) atoms. The van der Waals surface area contributed by atoms with Crippen LogP contribution in [0, 0.1) is 12.3 Å². The first kappa shape index (κ1) is 10.1. The van der Waals surface area contributed by atoms with E-state index in [1.807, 2.05) is 12.1 Å². The van der Waals surface area contributed by atoms with Gasteiger partial charge in [0.2, 0.25) is 0 Å². The molecule has 0 atom stereocenters. The lowest BCUT2D eigenvalue weighted by Gasteiger charge is -1.95. The van der Waals surface area contributed by atoms with E-state index in [0.29, 0.717) is 11.4 Å². The first-order valence-electron chi connectivity index (χ1n) is 4.72. The normalized spacial score (nSPS) is 9.69. The molecule has 2 heterocycles. The summed E-state index contributed by atoms with van der Waals surface area (Å²) in [4.78, 5) is 14.8. The number of hydrogen-bond donors (Lipinski definition) is 0. The van der Waals surface area contributed by atoms with Crippen LogP contribution < -0.4 is 0 Å². The zero-order valence-corrected chi connectivity index (χ0v) is 8.50. The van der Waals surface area contributed by atoms with Gasteiger partial charge in [0.25, 0.3) is 0 Å². The molecule has 0 saturated carbocycles. The lowest BCUT2D eigenvalue weighted by atomic mass is 10.2. The molecule has 0 saturated heterocycles. The summed E-state index contributed by atoms with van der Waals surface area (Å²) in [5.74, 6) is 2.45. The van der Waals surface area contributed by atoms with Crippen molar-refractivity contribution in [1.29, 1.82) is 0 Å². The molecule has 0 unspecified atom stereocenters. The van der Waals surface area contributed by atoms with Crippen molar-refractivity contribution in [2.45, 2.75) is 6.54 Å². The number of hydrogen-bond acceptors (Lipinski definition) is 3. The molecule has 0 amide bonds. The topological polar surface area (TPSA) is 47.8 Å². The van der Waals surface area contributed by atoms with Gasteiger partial charge >= 0.3 is 0 Å². The Labute approximate surface area is 92.9 Å². The summed E-state index contributed by atoms with van der Waals surface area (Å²) in [7, 11) is 0. The van der Waals surface area contributed by atoms with E-state index in [-0.39, 0.29) is 6.54 Å². The Morgan fingerprint density at radius 3 is 3.06 bits per heavy atom. The van der Waals surface area contributed by atoms with Crippen molar-refractivity contribution in [3.63, 3.8) is 0 Å². The van der Waals surface area contributed by atoms with Crippen LogP contribution in [0.1, 0.15) is 10.5 Å². The largest absolute Gasteiger partial charge is 0.296 e. The van der Waals surface area contributed by atoms with Gasteiger partial charge in [-0.15, -0.1) is 6.42 Å². The van der Waals surface area contributed by atoms with Crippen molar-refractivity contribution >= 4 is 6.29 Å². The van der Waals surface area contributed by atoms with E-state index in [9.17, 15) is 4.79 Å². The van der Waals surface area contributed by atoms with Gasteiger partial charge in [-0.2, -0.15) is 5.10 Å². The van der Waals surface area contributed by atoms with Crippen LogP contribution in [0.3, 0.4) is 0 Å². The number of nitrogens with zero attached hydrogens (tertiary/aromatic N) is 3.